The minimum atomic E-state index is -3.19. The van der Waals surface area contributed by atoms with Gasteiger partial charge >= 0.3 is 0 Å². The third-order valence-electron chi connectivity index (χ3n) is 6.04. The summed E-state index contributed by atoms with van der Waals surface area (Å²) in [7, 11) is -3.19. The molecule has 3 aliphatic rings. The fourth-order valence-corrected chi connectivity index (χ4v) is 7.91. The van der Waals surface area contributed by atoms with Crippen LogP contribution in [0.3, 0.4) is 0 Å². The highest BCUT2D eigenvalue weighted by Crippen LogP contribution is 2.46. The Balaban J connectivity index is 1.56. The fraction of sp³-hybridized carbons (Fsp3) is 0.261. The number of aryl methyl sites for hydroxylation is 1. The minimum absolute atomic E-state index is 0.0413. The van der Waals surface area contributed by atoms with Gasteiger partial charge in [0.2, 0.25) is 0 Å². The van der Waals surface area contributed by atoms with Crippen LogP contribution in [0.4, 0.5) is 5.69 Å². The molecular weight excluding hydrogens is 544 g/mol. The molecule has 0 saturated carbocycles. The van der Waals surface area contributed by atoms with Crippen molar-refractivity contribution in [1.29, 1.82) is 0 Å². The lowest BCUT2D eigenvalue weighted by atomic mass is 10.1. The summed E-state index contributed by atoms with van der Waals surface area (Å²) in [6.07, 6.45) is 0.354. The first-order valence-electron chi connectivity index (χ1n) is 10.3. The van der Waals surface area contributed by atoms with Crippen LogP contribution in [0.25, 0.3) is 5.57 Å². The van der Waals surface area contributed by atoms with Crippen molar-refractivity contribution in [3.63, 3.8) is 0 Å². The van der Waals surface area contributed by atoms with Crippen LogP contribution in [0.2, 0.25) is 0 Å². The summed E-state index contributed by atoms with van der Waals surface area (Å²) >= 11 is 10.0. The molecule has 10 heteroatoms. The van der Waals surface area contributed by atoms with E-state index in [1.165, 1.54) is 4.90 Å². The molecule has 2 aromatic rings. The molecule has 0 unspecified atom stereocenters. The molecule has 0 N–H and O–H groups in total. The molecule has 0 bridgehead atoms. The standard InChI is InChI=1S/C23H19BrN2O4S3/c1-13-2-4-14(5-3-13)11-25-18-7-6-15(24)10-17(18)19(21(25)27)20-22(28)26(23(31)32-20)16-8-9-33(29,30)12-16/h2-7,10,16H,8-9,11-12H2,1H3/b20-19+/t16-/m0/s1. The first-order chi connectivity index (χ1) is 15.6. The van der Waals surface area contributed by atoms with Gasteiger partial charge in [-0.3, -0.25) is 14.5 Å². The number of hydrogen-bond donors (Lipinski definition) is 0. The zero-order chi connectivity index (χ0) is 23.5. The number of carbonyl (C=O) groups is 2. The molecule has 3 heterocycles. The van der Waals surface area contributed by atoms with Crippen LogP contribution in [0.1, 0.15) is 23.1 Å². The topological polar surface area (TPSA) is 74.8 Å². The Kier molecular flexibility index (Phi) is 5.75. The van der Waals surface area contributed by atoms with Crippen LogP contribution < -0.4 is 4.90 Å². The molecule has 170 valence electrons. The fourth-order valence-electron chi connectivity index (χ4n) is 4.38. The predicted octanol–water partition coefficient (Wildman–Crippen LogP) is 4.06. The first kappa shape index (κ1) is 22.8. The van der Waals surface area contributed by atoms with E-state index in [0.29, 0.717) is 28.4 Å². The Hall–Kier alpha value is -2.01. The molecule has 3 aliphatic heterocycles. The van der Waals surface area contributed by atoms with Gasteiger partial charge in [0.25, 0.3) is 11.8 Å². The first-order valence-corrected chi connectivity index (χ1v) is 14.2. The number of thiocarbonyl (C=S) groups is 1. The maximum atomic E-state index is 13.6. The Labute approximate surface area is 210 Å². The maximum absolute atomic E-state index is 13.6. The SMILES string of the molecule is Cc1ccc(CN2C(=O)/C(=C3/SC(=S)N([C@H]4CCS(=O)(=O)C4)C3=O)c3cc(Br)ccc32)cc1. The maximum Gasteiger partial charge on any atom is 0.267 e. The van der Waals surface area contributed by atoms with Crippen molar-refractivity contribution in [1.82, 2.24) is 4.90 Å². The number of hydrogen-bond acceptors (Lipinski definition) is 6. The van der Waals surface area contributed by atoms with Gasteiger partial charge in [0.1, 0.15) is 4.32 Å². The zero-order valence-corrected chi connectivity index (χ0v) is 21.6. The summed E-state index contributed by atoms with van der Waals surface area (Å²) in [5.74, 6) is -0.709. The molecule has 0 spiro atoms. The molecule has 1 atom stereocenters. The average Bonchev–Trinajstić information content (AvgIpc) is 3.34. The van der Waals surface area contributed by atoms with Gasteiger partial charge in [0, 0.05) is 10.0 Å². The van der Waals surface area contributed by atoms with Gasteiger partial charge in [0.15, 0.2) is 9.84 Å². The number of carbonyl (C=O) groups excluding carboxylic acids is 2. The monoisotopic (exact) mass is 562 g/mol. The van der Waals surface area contributed by atoms with E-state index in [2.05, 4.69) is 15.9 Å². The van der Waals surface area contributed by atoms with Gasteiger partial charge in [0.05, 0.1) is 40.3 Å². The van der Waals surface area contributed by atoms with Gasteiger partial charge in [-0.05, 0) is 37.1 Å². The van der Waals surface area contributed by atoms with Crippen molar-refractivity contribution in [2.24, 2.45) is 0 Å². The Morgan fingerprint density at radius 3 is 2.52 bits per heavy atom. The van der Waals surface area contributed by atoms with E-state index in [4.69, 9.17) is 12.2 Å². The third-order valence-corrected chi connectivity index (χ3v) is 9.68. The Morgan fingerprint density at radius 1 is 1.12 bits per heavy atom. The third kappa shape index (κ3) is 4.07. The number of anilines is 1. The van der Waals surface area contributed by atoms with Gasteiger partial charge in [-0.15, -0.1) is 0 Å². The summed E-state index contributed by atoms with van der Waals surface area (Å²) in [6.45, 7) is 2.38. The van der Waals surface area contributed by atoms with Gasteiger partial charge in [-0.25, -0.2) is 8.42 Å². The van der Waals surface area contributed by atoms with Crippen molar-refractivity contribution in [3.05, 3.63) is 68.5 Å². The number of benzene rings is 2. The van der Waals surface area contributed by atoms with Crippen molar-refractivity contribution in [3.8, 4) is 0 Å². The van der Waals surface area contributed by atoms with Crippen molar-refractivity contribution in [2.45, 2.75) is 25.9 Å². The quantitative estimate of drug-likeness (QED) is 0.414. The molecule has 2 amide bonds. The smallest absolute Gasteiger partial charge is 0.267 e. The summed E-state index contributed by atoms with van der Waals surface area (Å²) in [6, 6.07) is 13.1. The lowest BCUT2D eigenvalue weighted by Crippen LogP contribution is -2.39. The number of sulfone groups is 1. The summed E-state index contributed by atoms with van der Waals surface area (Å²) in [5.41, 5.74) is 3.83. The molecule has 2 saturated heterocycles. The lowest BCUT2D eigenvalue weighted by molar-refractivity contribution is -0.123. The van der Waals surface area contributed by atoms with Crippen LogP contribution in [0, 0.1) is 6.92 Å². The second kappa shape index (κ2) is 8.33. The lowest BCUT2D eigenvalue weighted by Gasteiger charge is -2.21. The largest absolute Gasteiger partial charge is 0.303 e. The zero-order valence-electron chi connectivity index (χ0n) is 17.6. The molecule has 0 aliphatic carbocycles. The van der Waals surface area contributed by atoms with E-state index < -0.39 is 21.8 Å². The van der Waals surface area contributed by atoms with Crippen molar-refractivity contribution >= 4 is 77.1 Å². The number of halogens is 1. The van der Waals surface area contributed by atoms with Gasteiger partial charge < -0.3 is 4.90 Å². The number of rotatable bonds is 3. The predicted molar refractivity (Wildman–Crippen MR) is 138 cm³/mol. The summed E-state index contributed by atoms with van der Waals surface area (Å²) in [5, 5.41) is 0. The second-order valence-corrected chi connectivity index (χ2v) is 13.1. The van der Waals surface area contributed by atoms with Crippen LogP contribution >= 0.6 is 39.9 Å². The van der Waals surface area contributed by atoms with Crippen molar-refractivity contribution < 1.29 is 18.0 Å². The number of thioether (sulfide) groups is 1. The molecule has 0 aromatic heterocycles. The molecule has 2 aromatic carbocycles. The summed E-state index contributed by atoms with van der Waals surface area (Å²) < 4.78 is 25.0. The number of fused-ring (bicyclic) bond motifs is 1. The normalized spacial score (nSPS) is 24.2. The molecule has 2 fully saturated rings. The minimum Gasteiger partial charge on any atom is -0.303 e. The van der Waals surface area contributed by atoms with Crippen LogP contribution in [0.5, 0.6) is 0 Å². The van der Waals surface area contributed by atoms with E-state index >= 15 is 0 Å². The Bertz CT molecular complexity index is 1350. The number of nitrogens with zero attached hydrogens (tertiary/aromatic N) is 2. The molecule has 6 nitrogen and oxygen atoms in total. The second-order valence-electron chi connectivity index (χ2n) is 8.34. The molecule has 0 radical (unpaired) electrons. The van der Waals surface area contributed by atoms with E-state index in [1.54, 1.807) is 4.90 Å². The highest BCUT2D eigenvalue weighted by molar-refractivity contribution is 9.10. The average molecular weight is 564 g/mol. The van der Waals surface area contributed by atoms with E-state index in [1.807, 2.05) is 49.4 Å². The van der Waals surface area contributed by atoms with Gasteiger partial charge in [-0.2, -0.15) is 0 Å². The number of amides is 2. The molecular formula is C23H19BrN2O4S3. The summed E-state index contributed by atoms with van der Waals surface area (Å²) in [4.78, 5) is 30.4. The van der Waals surface area contributed by atoms with E-state index in [-0.39, 0.29) is 22.3 Å². The van der Waals surface area contributed by atoms with E-state index in [9.17, 15) is 18.0 Å². The molecule has 5 rings (SSSR count). The van der Waals surface area contributed by atoms with E-state index in [0.717, 1.165) is 33.0 Å². The highest BCUT2D eigenvalue weighted by atomic mass is 79.9. The van der Waals surface area contributed by atoms with Crippen LogP contribution in [-0.2, 0) is 26.0 Å². The molecule has 33 heavy (non-hydrogen) atoms. The van der Waals surface area contributed by atoms with Crippen LogP contribution in [-0.4, -0.2) is 47.0 Å². The van der Waals surface area contributed by atoms with Crippen molar-refractivity contribution in [2.75, 3.05) is 16.4 Å². The Morgan fingerprint density at radius 2 is 1.85 bits per heavy atom. The van der Waals surface area contributed by atoms with Gasteiger partial charge in [-0.1, -0.05) is 69.7 Å². The highest BCUT2D eigenvalue weighted by Gasteiger charge is 2.46. The van der Waals surface area contributed by atoms with Crippen LogP contribution in [0.15, 0.2) is 51.8 Å².